The molecule has 6 nitrogen and oxygen atoms in total. The molecular formula is C17H22N4O2. The molecule has 1 saturated heterocycles. The first kappa shape index (κ1) is 15.6. The molecule has 6 heteroatoms. The maximum atomic E-state index is 12.5. The van der Waals surface area contributed by atoms with Gasteiger partial charge in [0.25, 0.3) is 5.91 Å². The van der Waals surface area contributed by atoms with Gasteiger partial charge in [0.15, 0.2) is 0 Å². The van der Waals surface area contributed by atoms with E-state index in [-0.39, 0.29) is 5.91 Å². The molecule has 1 aliphatic heterocycles. The molecule has 1 aromatic carbocycles. The summed E-state index contributed by atoms with van der Waals surface area (Å²) in [6.45, 7) is 5.20. The highest BCUT2D eigenvalue weighted by Gasteiger charge is 2.21. The summed E-state index contributed by atoms with van der Waals surface area (Å²) in [6, 6.07) is 9.24. The van der Waals surface area contributed by atoms with Crippen molar-refractivity contribution >= 4 is 5.91 Å². The van der Waals surface area contributed by atoms with E-state index in [1.165, 1.54) is 0 Å². The lowest BCUT2D eigenvalue weighted by atomic mass is 10.1. The molecule has 1 fully saturated rings. The molecule has 0 saturated carbocycles. The Morgan fingerprint density at radius 2 is 1.87 bits per heavy atom. The predicted molar refractivity (Wildman–Crippen MR) is 87.6 cm³/mol. The van der Waals surface area contributed by atoms with E-state index in [1.54, 1.807) is 13.3 Å². The second kappa shape index (κ2) is 7.28. The van der Waals surface area contributed by atoms with Crippen molar-refractivity contribution in [2.24, 2.45) is 0 Å². The number of hydrogen-bond acceptors (Lipinski definition) is 4. The van der Waals surface area contributed by atoms with Crippen molar-refractivity contribution in [1.29, 1.82) is 0 Å². The quantitative estimate of drug-likeness (QED) is 0.836. The van der Waals surface area contributed by atoms with Crippen LogP contribution in [0, 0.1) is 0 Å². The van der Waals surface area contributed by atoms with Gasteiger partial charge in [-0.2, -0.15) is 5.10 Å². The SMILES string of the molecule is COc1ccc(C(=O)N2CCN(CCn3cccn3)CC2)cc1. The second-order valence-electron chi connectivity index (χ2n) is 5.63. The normalized spacial score (nSPS) is 15.6. The van der Waals surface area contributed by atoms with Crippen molar-refractivity contribution in [1.82, 2.24) is 19.6 Å². The zero-order valence-corrected chi connectivity index (χ0v) is 13.4. The molecule has 3 rings (SSSR count). The maximum absolute atomic E-state index is 12.5. The minimum atomic E-state index is 0.0966. The van der Waals surface area contributed by atoms with Gasteiger partial charge in [-0.25, -0.2) is 0 Å². The third kappa shape index (κ3) is 3.90. The van der Waals surface area contributed by atoms with E-state index in [0.29, 0.717) is 0 Å². The molecule has 0 aliphatic carbocycles. The van der Waals surface area contributed by atoms with Gasteiger partial charge in [-0.05, 0) is 30.3 Å². The summed E-state index contributed by atoms with van der Waals surface area (Å²) >= 11 is 0. The van der Waals surface area contributed by atoms with Crippen LogP contribution >= 0.6 is 0 Å². The van der Waals surface area contributed by atoms with Gasteiger partial charge in [0.05, 0.1) is 13.7 Å². The third-order valence-corrected chi connectivity index (χ3v) is 4.20. The van der Waals surface area contributed by atoms with Gasteiger partial charge < -0.3 is 9.64 Å². The summed E-state index contributed by atoms with van der Waals surface area (Å²) in [5.41, 5.74) is 0.718. The van der Waals surface area contributed by atoms with E-state index in [1.807, 2.05) is 46.1 Å². The molecule has 2 aromatic rings. The van der Waals surface area contributed by atoms with Crippen LogP contribution in [0.3, 0.4) is 0 Å². The maximum Gasteiger partial charge on any atom is 0.253 e. The molecule has 0 atom stereocenters. The number of aromatic nitrogens is 2. The molecule has 1 aliphatic rings. The Hall–Kier alpha value is -2.34. The van der Waals surface area contributed by atoms with Crippen molar-refractivity contribution in [2.75, 3.05) is 39.8 Å². The van der Waals surface area contributed by atoms with Crippen LogP contribution in [-0.4, -0.2) is 65.3 Å². The Kier molecular flexibility index (Phi) is 4.92. The van der Waals surface area contributed by atoms with Crippen LogP contribution in [-0.2, 0) is 6.54 Å². The van der Waals surface area contributed by atoms with Crippen LogP contribution in [0.1, 0.15) is 10.4 Å². The number of carbonyl (C=O) groups excluding carboxylic acids is 1. The summed E-state index contributed by atoms with van der Waals surface area (Å²) in [5, 5.41) is 4.21. The van der Waals surface area contributed by atoms with E-state index < -0.39 is 0 Å². The van der Waals surface area contributed by atoms with Crippen LogP contribution in [0.15, 0.2) is 42.7 Å². The Morgan fingerprint density at radius 1 is 1.13 bits per heavy atom. The molecule has 0 N–H and O–H groups in total. The zero-order chi connectivity index (χ0) is 16.1. The largest absolute Gasteiger partial charge is 0.497 e. The van der Waals surface area contributed by atoms with Crippen molar-refractivity contribution in [3.05, 3.63) is 48.3 Å². The lowest BCUT2D eigenvalue weighted by Crippen LogP contribution is -2.49. The second-order valence-corrected chi connectivity index (χ2v) is 5.63. The lowest BCUT2D eigenvalue weighted by Gasteiger charge is -2.34. The standard InChI is InChI=1S/C17H22N4O2/c1-23-16-5-3-15(4-6-16)17(22)20-12-9-19(10-13-20)11-14-21-8-2-7-18-21/h2-8H,9-14H2,1H3. The van der Waals surface area contributed by atoms with Gasteiger partial charge in [-0.3, -0.25) is 14.4 Å². The van der Waals surface area contributed by atoms with Gasteiger partial charge in [0.2, 0.25) is 0 Å². The van der Waals surface area contributed by atoms with Gasteiger partial charge in [0, 0.05) is 50.7 Å². The first-order valence-corrected chi connectivity index (χ1v) is 7.89. The molecule has 23 heavy (non-hydrogen) atoms. The number of piperazine rings is 1. The average Bonchev–Trinajstić information content (AvgIpc) is 3.13. The fourth-order valence-electron chi connectivity index (χ4n) is 2.77. The molecular weight excluding hydrogens is 292 g/mol. The lowest BCUT2D eigenvalue weighted by molar-refractivity contribution is 0.0632. The topological polar surface area (TPSA) is 50.6 Å². The zero-order valence-electron chi connectivity index (χ0n) is 13.4. The first-order valence-electron chi connectivity index (χ1n) is 7.89. The minimum Gasteiger partial charge on any atom is -0.497 e. The van der Waals surface area contributed by atoms with Crippen LogP contribution < -0.4 is 4.74 Å². The summed E-state index contributed by atoms with van der Waals surface area (Å²) in [6.07, 6.45) is 3.77. The highest BCUT2D eigenvalue weighted by molar-refractivity contribution is 5.94. The van der Waals surface area contributed by atoms with Crippen LogP contribution in [0.25, 0.3) is 0 Å². The third-order valence-electron chi connectivity index (χ3n) is 4.20. The molecule has 0 unspecified atom stereocenters. The Bertz CT molecular complexity index is 617. The van der Waals surface area contributed by atoms with Gasteiger partial charge >= 0.3 is 0 Å². The van der Waals surface area contributed by atoms with Crippen molar-refractivity contribution in [3.8, 4) is 5.75 Å². The van der Waals surface area contributed by atoms with Crippen LogP contribution in [0.5, 0.6) is 5.75 Å². The fraction of sp³-hybridized carbons (Fsp3) is 0.412. The first-order chi connectivity index (χ1) is 11.3. The van der Waals surface area contributed by atoms with Crippen molar-refractivity contribution < 1.29 is 9.53 Å². The molecule has 1 aromatic heterocycles. The number of hydrogen-bond donors (Lipinski definition) is 0. The number of nitrogens with zero attached hydrogens (tertiary/aromatic N) is 4. The molecule has 0 spiro atoms. The number of rotatable bonds is 5. The Labute approximate surface area is 136 Å². The Balaban J connectivity index is 1.48. The number of benzene rings is 1. The van der Waals surface area contributed by atoms with E-state index in [2.05, 4.69) is 10.00 Å². The van der Waals surface area contributed by atoms with Gasteiger partial charge in [-0.1, -0.05) is 0 Å². The van der Waals surface area contributed by atoms with E-state index >= 15 is 0 Å². The fourth-order valence-corrected chi connectivity index (χ4v) is 2.77. The number of carbonyl (C=O) groups is 1. The Morgan fingerprint density at radius 3 is 2.48 bits per heavy atom. The molecule has 122 valence electrons. The van der Waals surface area contributed by atoms with Crippen molar-refractivity contribution in [2.45, 2.75) is 6.54 Å². The van der Waals surface area contributed by atoms with Gasteiger partial charge in [0.1, 0.15) is 5.75 Å². The summed E-state index contributed by atoms with van der Waals surface area (Å²) in [5.74, 6) is 0.865. The van der Waals surface area contributed by atoms with E-state index in [4.69, 9.17) is 4.74 Å². The van der Waals surface area contributed by atoms with Gasteiger partial charge in [-0.15, -0.1) is 0 Å². The highest BCUT2D eigenvalue weighted by atomic mass is 16.5. The van der Waals surface area contributed by atoms with E-state index in [9.17, 15) is 4.79 Å². The number of methoxy groups -OCH3 is 1. The average molecular weight is 314 g/mol. The van der Waals surface area contributed by atoms with E-state index in [0.717, 1.165) is 50.6 Å². The number of amides is 1. The molecule has 0 bridgehead atoms. The highest BCUT2D eigenvalue weighted by Crippen LogP contribution is 2.14. The van der Waals surface area contributed by atoms with Crippen molar-refractivity contribution in [3.63, 3.8) is 0 Å². The molecule has 2 heterocycles. The molecule has 0 radical (unpaired) electrons. The molecule has 1 amide bonds. The van der Waals surface area contributed by atoms with Crippen LogP contribution in [0.2, 0.25) is 0 Å². The number of ether oxygens (including phenoxy) is 1. The predicted octanol–water partition coefficient (Wildman–Crippen LogP) is 1.35. The summed E-state index contributed by atoms with van der Waals surface area (Å²) in [7, 11) is 1.62. The summed E-state index contributed by atoms with van der Waals surface area (Å²) in [4.78, 5) is 16.8. The van der Waals surface area contributed by atoms with Crippen LogP contribution in [0.4, 0.5) is 0 Å². The smallest absolute Gasteiger partial charge is 0.253 e. The monoisotopic (exact) mass is 314 g/mol. The minimum absolute atomic E-state index is 0.0966. The summed E-state index contributed by atoms with van der Waals surface area (Å²) < 4.78 is 7.07.